The van der Waals surface area contributed by atoms with E-state index in [1.165, 1.54) is 22.3 Å². The maximum Gasteiger partial charge on any atom is 0.164 e. The monoisotopic (exact) mass is 938 g/mol. The molecule has 72 heavy (non-hydrogen) atoms. The molecule has 8 heteroatoms. The van der Waals surface area contributed by atoms with Crippen molar-refractivity contribution >= 4 is 87.2 Å². The van der Waals surface area contributed by atoms with Gasteiger partial charge in [-0.3, -0.25) is 0 Å². The summed E-state index contributed by atoms with van der Waals surface area (Å²) >= 11 is 0. The molecule has 13 rings (SSSR count). The molecular formula is C64H58N8. The number of nitrogens with one attached hydrogen (secondary N) is 2. The minimum Gasteiger partial charge on any atom is -0.324 e. The Hall–Kier alpha value is -7.84. The van der Waals surface area contributed by atoms with Gasteiger partial charge in [0.1, 0.15) is 22.6 Å². The van der Waals surface area contributed by atoms with Gasteiger partial charge in [-0.15, -0.1) is 0 Å². The first-order chi connectivity index (χ1) is 34.1. The van der Waals surface area contributed by atoms with Gasteiger partial charge in [-0.05, 0) is 136 Å². The Labute approximate surface area is 419 Å². The highest BCUT2D eigenvalue weighted by molar-refractivity contribution is 6.13. The molecule has 0 aliphatic carbocycles. The molecule has 2 aliphatic heterocycles. The van der Waals surface area contributed by atoms with Gasteiger partial charge in [0.15, 0.2) is 23.3 Å². The summed E-state index contributed by atoms with van der Waals surface area (Å²) in [7, 11) is 0. The predicted octanol–water partition coefficient (Wildman–Crippen LogP) is 16.7. The van der Waals surface area contributed by atoms with Gasteiger partial charge in [0.2, 0.25) is 0 Å². The molecule has 0 spiro atoms. The topological polar surface area (TPSA) is 109 Å². The van der Waals surface area contributed by atoms with Crippen molar-refractivity contribution in [2.45, 2.75) is 105 Å². The number of hydrogen-bond donors (Lipinski definition) is 2. The van der Waals surface area contributed by atoms with E-state index in [-0.39, 0.29) is 21.7 Å². The van der Waals surface area contributed by atoms with E-state index in [1.807, 2.05) is 0 Å². The molecule has 8 aromatic carbocycles. The van der Waals surface area contributed by atoms with E-state index in [2.05, 4.69) is 214 Å². The van der Waals surface area contributed by atoms with Crippen molar-refractivity contribution in [3.05, 3.63) is 144 Å². The fourth-order valence-corrected chi connectivity index (χ4v) is 10.6. The molecule has 0 amide bonds. The number of rotatable bonds is 0. The van der Waals surface area contributed by atoms with Crippen LogP contribution in [0.2, 0.25) is 0 Å². The van der Waals surface area contributed by atoms with Crippen LogP contribution in [0.4, 0.5) is 0 Å². The highest BCUT2D eigenvalue weighted by Crippen LogP contribution is 2.43. The molecule has 2 aliphatic rings. The average molecular weight is 939 g/mol. The lowest BCUT2D eigenvalue weighted by atomic mass is 9.85. The quantitative estimate of drug-likeness (QED) is 0.157. The number of aromatic amines is 2. The molecule has 2 N–H and O–H groups in total. The summed E-state index contributed by atoms with van der Waals surface area (Å²) in [6, 6.07) is 45.0. The highest BCUT2D eigenvalue weighted by Gasteiger charge is 2.26. The molecule has 3 aromatic heterocycles. The molecule has 0 fully saturated rings. The van der Waals surface area contributed by atoms with Crippen LogP contribution in [0.3, 0.4) is 0 Å². The van der Waals surface area contributed by atoms with E-state index in [0.717, 1.165) is 86.9 Å². The van der Waals surface area contributed by atoms with Gasteiger partial charge < -0.3 is 9.97 Å². The maximum atomic E-state index is 5.50. The second kappa shape index (κ2) is 14.9. The van der Waals surface area contributed by atoms with Crippen LogP contribution in [0.1, 0.15) is 105 Å². The second-order valence-electron chi connectivity index (χ2n) is 24.4. The first-order valence-electron chi connectivity index (χ1n) is 25.3. The van der Waals surface area contributed by atoms with Crippen molar-refractivity contribution < 1.29 is 0 Å². The summed E-state index contributed by atoms with van der Waals surface area (Å²) in [5, 5.41) is 12.8. The second-order valence-corrected chi connectivity index (χ2v) is 24.4. The summed E-state index contributed by atoms with van der Waals surface area (Å²) in [6.07, 6.45) is 0. The first kappa shape index (κ1) is 44.1. The van der Waals surface area contributed by atoms with E-state index in [4.69, 9.17) is 29.9 Å². The fourth-order valence-electron chi connectivity index (χ4n) is 10.6. The van der Waals surface area contributed by atoms with E-state index < -0.39 is 0 Å². The summed E-state index contributed by atoms with van der Waals surface area (Å²) < 4.78 is 0. The van der Waals surface area contributed by atoms with Crippen LogP contribution in [0.25, 0.3) is 133 Å². The van der Waals surface area contributed by atoms with Crippen molar-refractivity contribution in [1.82, 2.24) is 39.9 Å². The van der Waals surface area contributed by atoms with Crippen molar-refractivity contribution in [1.29, 1.82) is 0 Å². The Morgan fingerprint density at radius 2 is 0.472 bits per heavy atom. The lowest BCUT2D eigenvalue weighted by molar-refractivity contribution is 0.591. The smallest absolute Gasteiger partial charge is 0.164 e. The third-order valence-electron chi connectivity index (χ3n) is 15.1. The minimum atomic E-state index is -0.0228. The average Bonchev–Trinajstić information content (AvgIpc) is 4.04. The standard InChI is InChI=1S/C64H58N8/c1-61(2,3)41-17-13-33-25-45-49(29-37(33)21-41)57-65-53(45)70-58-51-31-39-23-43(63(7,8)9)19-15-35(39)27-47(51)55(67-58)72-60-52-32-40-24-44(64(10,11)12)20-16-36(40)28-48(52)56(68-60)71-59-50-30-38-22-42(62(4,5)6)18-14-34(38)26-46(50)54(66-59)69-57/h13-32H,1-12H3,(H2,65,66,67,68,69,70,71,72). The predicted molar refractivity (Wildman–Crippen MR) is 301 cm³/mol. The van der Waals surface area contributed by atoms with Crippen molar-refractivity contribution in [3.8, 4) is 45.6 Å². The zero-order valence-electron chi connectivity index (χ0n) is 43.2. The Morgan fingerprint density at radius 3 is 0.736 bits per heavy atom. The van der Waals surface area contributed by atoms with Crippen molar-refractivity contribution in [2.75, 3.05) is 0 Å². The number of H-pyrrole nitrogens is 2. The van der Waals surface area contributed by atoms with Crippen LogP contribution >= 0.6 is 0 Å². The lowest BCUT2D eigenvalue weighted by Crippen LogP contribution is -2.10. The Kier molecular flexibility index (Phi) is 9.11. The van der Waals surface area contributed by atoms with Gasteiger partial charge in [-0.25, -0.2) is 29.9 Å². The van der Waals surface area contributed by atoms with Gasteiger partial charge in [-0.1, -0.05) is 156 Å². The summed E-state index contributed by atoms with van der Waals surface area (Å²) in [4.78, 5) is 40.2. The first-order valence-corrected chi connectivity index (χ1v) is 25.3. The largest absolute Gasteiger partial charge is 0.324 e. The number of hydrogen-bond acceptors (Lipinski definition) is 6. The summed E-state index contributed by atoms with van der Waals surface area (Å²) in [5.74, 6) is 2.32. The van der Waals surface area contributed by atoms with Crippen LogP contribution < -0.4 is 0 Å². The lowest BCUT2D eigenvalue weighted by Gasteiger charge is -2.19. The molecule has 0 saturated heterocycles. The van der Waals surface area contributed by atoms with E-state index in [0.29, 0.717) is 45.9 Å². The van der Waals surface area contributed by atoms with Crippen LogP contribution in [-0.4, -0.2) is 39.9 Å². The van der Waals surface area contributed by atoms with Gasteiger partial charge in [0, 0.05) is 43.8 Å². The number of fused-ring (bicyclic) bond motifs is 24. The van der Waals surface area contributed by atoms with Gasteiger partial charge in [-0.2, -0.15) is 0 Å². The molecule has 0 radical (unpaired) electrons. The molecule has 0 unspecified atom stereocenters. The summed E-state index contributed by atoms with van der Waals surface area (Å²) in [6.45, 7) is 27.1. The Bertz CT molecular complexity index is 4090. The molecular weight excluding hydrogens is 881 g/mol. The van der Waals surface area contributed by atoms with Crippen LogP contribution in [0, 0.1) is 0 Å². The molecule has 354 valence electrons. The Balaban J connectivity index is 1.19. The van der Waals surface area contributed by atoms with Gasteiger partial charge in [0.05, 0.1) is 0 Å². The van der Waals surface area contributed by atoms with Gasteiger partial charge in [0.25, 0.3) is 0 Å². The van der Waals surface area contributed by atoms with E-state index in [1.54, 1.807) is 0 Å². The van der Waals surface area contributed by atoms with Gasteiger partial charge >= 0.3 is 0 Å². The molecule has 0 saturated carbocycles. The third kappa shape index (κ3) is 7.16. The van der Waals surface area contributed by atoms with Crippen LogP contribution in [-0.2, 0) is 21.7 Å². The van der Waals surface area contributed by atoms with E-state index >= 15 is 0 Å². The molecule has 5 heterocycles. The number of aromatic nitrogens is 8. The van der Waals surface area contributed by atoms with Crippen molar-refractivity contribution in [3.63, 3.8) is 0 Å². The number of nitrogens with zero attached hydrogens (tertiary/aromatic N) is 6. The summed E-state index contributed by atoms with van der Waals surface area (Å²) in [5.41, 5.74) is 11.3. The molecule has 8 bridgehead atoms. The molecule has 8 nitrogen and oxygen atoms in total. The number of benzene rings is 8. The normalized spacial score (nSPS) is 13.3. The maximum absolute atomic E-state index is 5.50. The molecule has 0 atom stereocenters. The fraction of sp³-hybridized carbons (Fsp3) is 0.250. The minimum absolute atomic E-state index is 0.0216. The zero-order chi connectivity index (χ0) is 50.0. The van der Waals surface area contributed by atoms with E-state index in [9.17, 15) is 0 Å². The van der Waals surface area contributed by atoms with Crippen molar-refractivity contribution in [2.24, 2.45) is 0 Å². The SMILES string of the molecule is CC(C)(C)c1ccc2cc3c(cc2c1)-c1nc-3nc2[nH]c(nc3nc(nc4[nH]c(n1)c1cc5ccc(C(C)(C)C)cc5cc41)-c1cc4ccc(C(C)(C)C)cc4cc1-3)c1cc3ccc(C(C)(C)C)cc3cc21. The van der Waals surface area contributed by atoms with Crippen LogP contribution in [0.5, 0.6) is 0 Å². The third-order valence-corrected chi connectivity index (χ3v) is 15.1. The molecule has 11 aromatic rings. The zero-order valence-corrected chi connectivity index (χ0v) is 43.2. The Morgan fingerprint density at radius 1 is 0.250 bits per heavy atom. The van der Waals surface area contributed by atoms with Crippen LogP contribution in [0.15, 0.2) is 121 Å². The highest BCUT2D eigenvalue weighted by atomic mass is 15.1.